The molecule has 0 aliphatic carbocycles. The summed E-state index contributed by atoms with van der Waals surface area (Å²) in [4.78, 5) is 0. The molecule has 70 valence electrons. The Hall–Kier alpha value is -0.850. The van der Waals surface area contributed by atoms with Gasteiger partial charge in [-0.2, -0.15) is 0 Å². The summed E-state index contributed by atoms with van der Waals surface area (Å²) in [7, 11) is 0. The van der Waals surface area contributed by atoms with Crippen LogP contribution in [0.3, 0.4) is 0 Å². The molecular formula is C11H19F. The molecule has 0 aliphatic rings. The molecule has 0 atom stereocenters. The molecule has 0 rings (SSSR count). The molecule has 0 nitrogen and oxygen atoms in total. The van der Waals surface area contributed by atoms with E-state index in [0.717, 1.165) is 18.4 Å². The van der Waals surface area contributed by atoms with Gasteiger partial charge in [-0.25, -0.2) is 4.39 Å². The lowest BCUT2D eigenvalue weighted by Gasteiger charge is -1.92. The van der Waals surface area contributed by atoms with Gasteiger partial charge in [0.2, 0.25) is 0 Å². The van der Waals surface area contributed by atoms with Gasteiger partial charge in [0.15, 0.2) is 0 Å². The Morgan fingerprint density at radius 2 is 1.75 bits per heavy atom. The zero-order valence-corrected chi connectivity index (χ0v) is 8.36. The first-order valence-electron chi connectivity index (χ1n) is 4.37. The van der Waals surface area contributed by atoms with Crippen LogP contribution in [0, 0.1) is 0 Å². The van der Waals surface area contributed by atoms with Gasteiger partial charge in [0, 0.05) is 0 Å². The molecule has 0 spiro atoms. The highest BCUT2D eigenvalue weighted by atomic mass is 19.1. The van der Waals surface area contributed by atoms with Crippen molar-refractivity contribution >= 4 is 0 Å². The van der Waals surface area contributed by atoms with E-state index in [9.17, 15) is 4.39 Å². The summed E-state index contributed by atoms with van der Waals surface area (Å²) in [5, 5.41) is 0. The number of hydrogen-bond donors (Lipinski definition) is 0. The Bertz CT molecular complexity index is 154. The quantitative estimate of drug-likeness (QED) is 0.548. The summed E-state index contributed by atoms with van der Waals surface area (Å²) in [6.45, 7) is 12.9. The van der Waals surface area contributed by atoms with Crippen molar-refractivity contribution in [3.05, 3.63) is 36.7 Å². The molecule has 12 heavy (non-hydrogen) atoms. The van der Waals surface area contributed by atoms with E-state index >= 15 is 0 Å². The molecule has 0 bridgehead atoms. The lowest BCUT2D eigenvalue weighted by atomic mass is 10.1. The third kappa shape index (κ3) is 11.9. The molecule has 0 amide bonds. The highest BCUT2D eigenvalue weighted by Crippen LogP contribution is 2.04. The van der Waals surface area contributed by atoms with Gasteiger partial charge in [-0.05, 0) is 12.5 Å². The monoisotopic (exact) mass is 170 g/mol. The summed E-state index contributed by atoms with van der Waals surface area (Å²) in [6, 6.07) is 0. The van der Waals surface area contributed by atoms with Crippen LogP contribution in [0.4, 0.5) is 4.39 Å². The molecule has 0 aromatic carbocycles. The Labute approximate surface area is 75.5 Å². The molecular weight excluding hydrogens is 151 g/mol. The standard InChI is InChI=1S/C9H13F.C2H6/c1-4-5-8(2)6-7-9(3)10;1-2/h6-7H,2-5H2,1H3;1-2H3/b7-6-;. The van der Waals surface area contributed by atoms with Gasteiger partial charge in [-0.3, -0.25) is 0 Å². The zero-order valence-electron chi connectivity index (χ0n) is 8.36. The molecule has 0 saturated heterocycles. The largest absolute Gasteiger partial charge is 0.208 e. The SMILES string of the molecule is C=C(F)/C=C\C(=C)CCC.CC. The molecule has 0 fully saturated rings. The van der Waals surface area contributed by atoms with Crippen LogP contribution in [-0.4, -0.2) is 0 Å². The van der Waals surface area contributed by atoms with Crippen molar-refractivity contribution in [1.29, 1.82) is 0 Å². The maximum atomic E-state index is 12.0. The average molecular weight is 170 g/mol. The van der Waals surface area contributed by atoms with Crippen LogP contribution in [0.25, 0.3) is 0 Å². The van der Waals surface area contributed by atoms with Crippen LogP contribution in [0.15, 0.2) is 36.7 Å². The van der Waals surface area contributed by atoms with Crippen LogP contribution < -0.4 is 0 Å². The summed E-state index contributed by atoms with van der Waals surface area (Å²) < 4.78 is 12.0. The second-order valence-corrected chi connectivity index (χ2v) is 2.19. The first-order valence-corrected chi connectivity index (χ1v) is 4.37. The Kier molecular flexibility index (Phi) is 11.6. The van der Waals surface area contributed by atoms with Crippen LogP contribution in [0.1, 0.15) is 33.6 Å². The smallest absolute Gasteiger partial charge is 0.116 e. The number of hydrogen-bond acceptors (Lipinski definition) is 0. The topological polar surface area (TPSA) is 0 Å². The van der Waals surface area contributed by atoms with E-state index in [0.29, 0.717) is 0 Å². The van der Waals surface area contributed by atoms with E-state index in [1.54, 1.807) is 6.08 Å². The van der Waals surface area contributed by atoms with Crippen molar-refractivity contribution in [2.45, 2.75) is 33.6 Å². The second-order valence-electron chi connectivity index (χ2n) is 2.19. The van der Waals surface area contributed by atoms with Crippen molar-refractivity contribution in [3.63, 3.8) is 0 Å². The zero-order chi connectivity index (χ0) is 9.98. The van der Waals surface area contributed by atoms with Gasteiger partial charge in [0.05, 0.1) is 0 Å². The number of halogens is 1. The van der Waals surface area contributed by atoms with Gasteiger partial charge in [0.25, 0.3) is 0 Å². The maximum absolute atomic E-state index is 12.0. The molecule has 0 radical (unpaired) electrons. The minimum Gasteiger partial charge on any atom is -0.208 e. The molecule has 0 heterocycles. The summed E-state index contributed by atoms with van der Waals surface area (Å²) >= 11 is 0. The van der Waals surface area contributed by atoms with Gasteiger partial charge < -0.3 is 0 Å². The first kappa shape index (κ1) is 13.7. The molecule has 0 aromatic heterocycles. The summed E-state index contributed by atoms with van der Waals surface area (Å²) in [6.07, 6.45) is 4.95. The van der Waals surface area contributed by atoms with Crippen molar-refractivity contribution in [2.75, 3.05) is 0 Å². The Balaban J connectivity index is 0. The predicted octanol–water partition coefficient (Wildman–Crippen LogP) is 4.41. The van der Waals surface area contributed by atoms with Gasteiger partial charge in [-0.1, -0.05) is 52.0 Å². The lowest BCUT2D eigenvalue weighted by Crippen LogP contribution is -1.72. The van der Waals surface area contributed by atoms with Crippen molar-refractivity contribution in [3.8, 4) is 0 Å². The predicted molar refractivity (Wildman–Crippen MR) is 54.8 cm³/mol. The average Bonchev–Trinajstić information content (AvgIpc) is 2.05. The van der Waals surface area contributed by atoms with E-state index < -0.39 is 5.83 Å². The molecule has 0 aromatic rings. The second kappa shape index (κ2) is 10.2. The minimum absolute atomic E-state index is 0.419. The number of rotatable bonds is 4. The van der Waals surface area contributed by atoms with E-state index in [1.807, 2.05) is 13.8 Å². The fraction of sp³-hybridized carbons (Fsp3) is 0.455. The van der Waals surface area contributed by atoms with Gasteiger partial charge >= 0.3 is 0 Å². The summed E-state index contributed by atoms with van der Waals surface area (Å²) in [5.41, 5.74) is 0.946. The van der Waals surface area contributed by atoms with Crippen LogP contribution >= 0.6 is 0 Å². The van der Waals surface area contributed by atoms with Crippen molar-refractivity contribution in [2.24, 2.45) is 0 Å². The van der Waals surface area contributed by atoms with Crippen LogP contribution in [0.5, 0.6) is 0 Å². The first-order chi connectivity index (χ1) is 5.66. The lowest BCUT2D eigenvalue weighted by molar-refractivity contribution is 0.671. The molecule has 0 saturated carbocycles. The van der Waals surface area contributed by atoms with E-state index in [-0.39, 0.29) is 0 Å². The highest BCUT2D eigenvalue weighted by molar-refractivity contribution is 5.20. The van der Waals surface area contributed by atoms with E-state index in [2.05, 4.69) is 20.1 Å². The van der Waals surface area contributed by atoms with Crippen molar-refractivity contribution in [1.82, 2.24) is 0 Å². The third-order valence-electron chi connectivity index (χ3n) is 1.07. The van der Waals surface area contributed by atoms with Crippen molar-refractivity contribution < 1.29 is 4.39 Å². The molecule has 0 unspecified atom stereocenters. The Morgan fingerprint density at radius 3 is 2.08 bits per heavy atom. The number of allylic oxidation sites excluding steroid dienone is 4. The summed E-state index contributed by atoms with van der Waals surface area (Å²) in [5.74, 6) is -0.419. The molecule has 0 N–H and O–H groups in total. The molecule has 1 heteroatoms. The van der Waals surface area contributed by atoms with Crippen LogP contribution in [-0.2, 0) is 0 Å². The minimum atomic E-state index is -0.419. The fourth-order valence-corrected chi connectivity index (χ4v) is 0.613. The highest BCUT2D eigenvalue weighted by Gasteiger charge is 1.85. The molecule has 0 aliphatic heterocycles. The van der Waals surface area contributed by atoms with Gasteiger partial charge in [-0.15, -0.1) is 0 Å². The Morgan fingerprint density at radius 1 is 1.25 bits per heavy atom. The normalized spacial score (nSPS) is 9.00. The van der Waals surface area contributed by atoms with Crippen LogP contribution in [0.2, 0.25) is 0 Å². The third-order valence-corrected chi connectivity index (χ3v) is 1.07. The van der Waals surface area contributed by atoms with Gasteiger partial charge in [0.1, 0.15) is 5.83 Å². The van der Waals surface area contributed by atoms with E-state index in [4.69, 9.17) is 0 Å². The fourth-order valence-electron chi connectivity index (χ4n) is 0.613. The van der Waals surface area contributed by atoms with E-state index in [1.165, 1.54) is 6.08 Å². The maximum Gasteiger partial charge on any atom is 0.116 e.